The summed E-state index contributed by atoms with van der Waals surface area (Å²) in [5, 5.41) is 0. The molecule has 0 spiro atoms. The minimum Gasteiger partial charge on any atom is -0.772 e. The Bertz CT molecular complexity index is 46.8. The Morgan fingerprint density at radius 3 is 2.00 bits per heavy atom. The molecule has 0 aliphatic carbocycles. The first-order valence-electron chi connectivity index (χ1n) is 1.33. The largest absolute Gasteiger partial charge is 1.00 e. The second-order valence-corrected chi connectivity index (χ2v) is 1.78. The number of hydrogen-bond donors (Lipinski definition) is 0. The summed E-state index contributed by atoms with van der Waals surface area (Å²) < 4.78 is 18.7. The molecule has 0 N–H and O–H groups in total. The van der Waals surface area contributed by atoms with E-state index in [0.29, 0.717) is 0 Å². The van der Waals surface area contributed by atoms with Crippen molar-refractivity contribution in [3.8, 4) is 0 Å². The van der Waals surface area contributed by atoms with Gasteiger partial charge in [0, 0.05) is 5.75 Å². The molecule has 0 heterocycles. The summed E-state index contributed by atoms with van der Waals surface area (Å²) in [7, 11) is 0. The summed E-state index contributed by atoms with van der Waals surface area (Å²) in [5.41, 5.74) is 0. The molecule has 0 aliphatic heterocycles. The first-order chi connectivity index (χ1) is 2.27. The molecule has 0 saturated heterocycles. The van der Waals surface area contributed by atoms with Gasteiger partial charge in [0.2, 0.25) is 0 Å². The predicted octanol–water partition coefficient (Wildman–Crippen LogP) is -3.11. The van der Waals surface area contributed by atoms with Gasteiger partial charge in [-0.1, -0.05) is 18.0 Å². The number of hydrogen-bond acceptors (Lipinski definition) is 2. The first-order valence-corrected chi connectivity index (χ1v) is 2.57. The Hall–Kier alpha value is 0.707. The molecule has 32 valence electrons. The Balaban J connectivity index is 0. The monoisotopic (exact) mass is 100 g/mol. The van der Waals surface area contributed by atoms with Crippen LogP contribution >= 0.6 is 0 Å². The van der Waals surface area contributed by atoms with Crippen LogP contribution in [0.25, 0.3) is 0 Å². The standard InChI is InChI=1S/C2H6O2S.Li/c1-2-5(3)4;/h2H2,1H3,(H,3,4);/q;+1/p-1. The van der Waals surface area contributed by atoms with E-state index >= 15 is 0 Å². The van der Waals surface area contributed by atoms with Crippen molar-refractivity contribution < 1.29 is 27.6 Å². The van der Waals surface area contributed by atoms with Crippen LogP contribution in [0.2, 0.25) is 0 Å². The van der Waals surface area contributed by atoms with Gasteiger partial charge in [-0.15, -0.1) is 0 Å². The fraction of sp³-hybridized carbons (Fsp3) is 1.00. The zero-order valence-corrected chi connectivity index (χ0v) is 4.75. The van der Waals surface area contributed by atoms with Gasteiger partial charge in [0.05, 0.1) is 0 Å². The minimum absolute atomic E-state index is 0. The van der Waals surface area contributed by atoms with Crippen molar-refractivity contribution in [1.29, 1.82) is 0 Å². The van der Waals surface area contributed by atoms with Crippen LogP contribution in [0.3, 0.4) is 0 Å². The molecule has 6 heavy (non-hydrogen) atoms. The van der Waals surface area contributed by atoms with E-state index in [-0.39, 0.29) is 24.6 Å². The Labute approximate surface area is 51.8 Å². The van der Waals surface area contributed by atoms with Crippen molar-refractivity contribution in [2.45, 2.75) is 6.92 Å². The van der Waals surface area contributed by atoms with Crippen molar-refractivity contribution in [3.05, 3.63) is 0 Å². The maximum Gasteiger partial charge on any atom is 1.00 e. The van der Waals surface area contributed by atoms with Crippen molar-refractivity contribution in [1.82, 2.24) is 0 Å². The predicted molar refractivity (Wildman–Crippen MR) is 19.5 cm³/mol. The molecule has 0 rings (SSSR count). The van der Waals surface area contributed by atoms with Gasteiger partial charge in [-0.3, -0.25) is 4.21 Å². The van der Waals surface area contributed by atoms with E-state index in [0.717, 1.165) is 0 Å². The molecular formula is C2H5LiO2S. The van der Waals surface area contributed by atoms with Gasteiger partial charge >= 0.3 is 18.9 Å². The summed E-state index contributed by atoms with van der Waals surface area (Å²) >= 11 is -1.82. The molecule has 0 fully saturated rings. The Morgan fingerprint density at radius 2 is 2.00 bits per heavy atom. The van der Waals surface area contributed by atoms with Crippen LogP contribution < -0.4 is 18.9 Å². The van der Waals surface area contributed by atoms with E-state index in [4.69, 9.17) is 0 Å². The van der Waals surface area contributed by atoms with Crippen LogP contribution in [-0.2, 0) is 11.1 Å². The van der Waals surface area contributed by atoms with Crippen molar-refractivity contribution in [2.24, 2.45) is 0 Å². The number of rotatable bonds is 1. The van der Waals surface area contributed by atoms with Gasteiger partial charge in [-0.25, -0.2) is 0 Å². The topological polar surface area (TPSA) is 40.1 Å². The molecule has 1 unspecified atom stereocenters. The maximum absolute atomic E-state index is 9.37. The molecule has 0 amide bonds. The van der Waals surface area contributed by atoms with Gasteiger partial charge in [0.25, 0.3) is 0 Å². The Morgan fingerprint density at radius 1 is 1.83 bits per heavy atom. The maximum atomic E-state index is 9.37. The molecule has 4 heteroatoms. The molecule has 0 aromatic rings. The zero-order chi connectivity index (χ0) is 4.28. The van der Waals surface area contributed by atoms with Crippen molar-refractivity contribution in [3.63, 3.8) is 0 Å². The van der Waals surface area contributed by atoms with Crippen LogP contribution in [0, 0.1) is 0 Å². The molecule has 0 aliphatic rings. The van der Waals surface area contributed by atoms with E-state index < -0.39 is 11.1 Å². The third-order valence-corrected chi connectivity index (χ3v) is 0.707. The average molecular weight is 100 g/mol. The summed E-state index contributed by atoms with van der Waals surface area (Å²) in [6, 6.07) is 0. The first kappa shape index (κ1) is 9.86. The summed E-state index contributed by atoms with van der Waals surface area (Å²) in [6.07, 6.45) is 0. The minimum atomic E-state index is -1.82. The zero-order valence-electron chi connectivity index (χ0n) is 3.93. The normalized spacial score (nSPS) is 12.3. The second-order valence-electron chi connectivity index (χ2n) is 0.592. The molecule has 1 atom stereocenters. The van der Waals surface area contributed by atoms with Crippen LogP contribution in [-0.4, -0.2) is 14.5 Å². The van der Waals surface area contributed by atoms with Crippen LogP contribution in [0.15, 0.2) is 0 Å². The molecule has 0 aromatic heterocycles. The van der Waals surface area contributed by atoms with E-state index in [2.05, 4.69) is 0 Å². The summed E-state index contributed by atoms with van der Waals surface area (Å²) in [5.74, 6) is 0.222. The fourth-order valence-corrected chi connectivity index (χ4v) is 0. The van der Waals surface area contributed by atoms with Crippen LogP contribution in [0.4, 0.5) is 0 Å². The molecule has 0 aromatic carbocycles. The molecule has 0 bridgehead atoms. The average Bonchev–Trinajstić information content (AvgIpc) is 1.38. The van der Waals surface area contributed by atoms with E-state index in [1.807, 2.05) is 0 Å². The van der Waals surface area contributed by atoms with Gasteiger partial charge < -0.3 is 4.55 Å². The fourth-order valence-electron chi connectivity index (χ4n) is 0. The third-order valence-electron chi connectivity index (χ3n) is 0.236. The van der Waals surface area contributed by atoms with Crippen LogP contribution in [0.1, 0.15) is 6.92 Å². The van der Waals surface area contributed by atoms with Crippen molar-refractivity contribution >= 4 is 11.1 Å². The molecule has 2 nitrogen and oxygen atoms in total. The van der Waals surface area contributed by atoms with Gasteiger partial charge in [0.1, 0.15) is 0 Å². The molecule has 0 saturated carbocycles. The molecule has 0 radical (unpaired) electrons. The Kier molecular flexibility index (Phi) is 9.38. The quantitative estimate of drug-likeness (QED) is 0.258. The SMILES string of the molecule is CCS(=O)[O-].[Li+]. The van der Waals surface area contributed by atoms with E-state index in [9.17, 15) is 8.76 Å². The summed E-state index contributed by atoms with van der Waals surface area (Å²) in [6.45, 7) is 1.59. The summed E-state index contributed by atoms with van der Waals surface area (Å²) in [4.78, 5) is 0. The van der Waals surface area contributed by atoms with E-state index in [1.165, 1.54) is 0 Å². The van der Waals surface area contributed by atoms with Gasteiger partial charge in [-0.2, -0.15) is 0 Å². The van der Waals surface area contributed by atoms with Crippen molar-refractivity contribution in [2.75, 3.05) is 5.75 Å². The van der Waals surface area contributed by atoms with Crippen LogP contribution in [0.5, 0.6) is 0 Å². The van der Waals surface area contributed by atoms with Gasteiger partial charge in [-0.05, 0) is 0 Å². The van der Waals surface area contributed by atoms with Gasteiger partial charge in [0.15, 0.2) is 0 Å². The van der Waals surface area contributed by atoms with E-state index in [1.54, 1.807) is 6.92 Å². The molecular weight excluding hydrogens is 95.0 g/mol. The second kappa shape index (κ2) is 5.71. The third kappa shape index (κ3) is 8.83. The smallest absolute Gasteiger partial charge is 0.772 e.